The number of hydrogen-bond donors (Lipinski definition) is 2. The number of nitrogens with one attached hydrogen (secondary N) is 2. The van der Waals surface area contributed by atoms with Crippen LogP contribution in [-0.2, 0) is 29.4 Å². The summed E-state index contributed by atoms with van der Waals surface area (Å²) in [7, 11) is -7.12. The first-order valence-electron chi connectivity index (χ1n) is 10.3. The van der Waals surface area contributed by atoms with Crippen LogP contribution in [0.4, 0.5) is 11.4 Å². The summed E-state index contributed by atoms with van der Waals surface area (Å²) in [6, 6.07) is 11.8. The van der Waals surface area contributed by atoms with Crippen LogP contribution in [0.15, 0.2) is 53.4 Å². The average Bonchev–Trinajstić information content (AvgIpc) is 3.01. The fraction of sp³-hybridized carbons (Fsp3) is 0.333. The number of ether oxygens (including phenoxy) is 1. The minimum absolute atomic E-state index is 0.0404. The molecule has 0 unspecified atom stereocenters. The predicted molar refractivity (Wildman–Crippen MR) is 121 cm³/mol. The molecule has 1 fully saturated rings. The van der Waals surface area contributed by atoms with E-state index in [4.69, 9.17) is 4.74 Å². The molecule has 4 rings (SSSR count). The molecule has 2 N–H and O–H groups in total. The van der Waals surface area contributed by atoms with Gasteiger partial charge in [-0.2, -0.15) is 0 Å². The van der Waals surface area contributed by atoms with Gasteiger partial charge in [0.15, 0.2) is 9.84 Å². The first kappa shape index (κ1) is 23.2. The largest absolute Gasteiger partial charge is 0.491 e. The number of carbonyl (C=O) groups is 2. The van der Waals surface area contributed by atoms with E-state index in [0.717, 1.165) is 0 Å². The summed E-state index contributed by atoms with van der Waals surface area (Å²) in [5, 5.41) is 2.66. The van der Waals surface area contributed by atoms with Crippen molar-refractivity contribution in [3.8, 4) is 5.75 Å². The molecule has 0 spiro atoms. The van der Waals surface area contributed by atoms with Gasteiger partial charge in [0.1, 0.15) is 12.3 Å². The summed E-state index contributed by atoms with van der Waals surface area (Å²) >= 11 is 0. The Morgan fingerprint density at radius 1 is 1.12 bits per heavy atom. The third-order valence-electron chi connectivity index (χ3n) is 5.33. The summed E-state index contributed by atoms with van der Waals surface area (Å²) in [4.78, 5) is 26.4. The van der Waals surface area contributed by atoms with Crippen molar-refractivity contribution in [2.24, 2.45) is 0 Å². The van der Waals surface area contributed by atoms with Crippen molar-refractivity contribution in [1.82, 2.24) is 4.72 Å². The standard InChI is InChI=1S/C21H23N3O7S2/c25-20(13-24-18-3-1-2-4-19(18)31-11-9-21(24)26)22-15-5-7-17(8-6-15)33(29,30)23-16-10-12-32(27,28)14-16/h1-8,16,23H,9-14H2,(H,22,25)/t16-/m0/s1. The Morgan fingerprint density at radius 3 is 2.55 bits per heavy atom. The smallest absolute Gasteiger partial charge is 0.244 e. The van der Waals surface area contributed by atoms with Gasteiger partial charge in [-0.05, 0) is 42.8 Å². The molecule has 2 aliphatic rings. The van der Waals surface area contributed by atoms with Crippen molar-refractivity contribution >= 4 is 43.0 Å². The second-order valence-electron chi connectivity index (χ2n) is 7.84. The van der Waals surface area contributed by atoms with E-state index in [0.29, 0.717) is 17.1 Å². The Kier molecular flexibility index (Phi) is 6.41. The van der Waals surface area contributed by atoms with Crippen LogP contribution in [0, 0.1) is 0 Å². The van der Waals surface area contributed by atoms with E-state index in [-0.39, 0.29) is 48.3 Å². The summed E-state index contributed by atoms with van der Waals surface area (Å²) in [5.74, 6) is -0.430. The molecule has 33 heavy (non-hydrogen) atoms. The fourth-order valence-electron chi connectivity index (χ4n) is 3.73. The van der Waals surface area contributed by atoms with Gasteiger partial charge in [-0.15, -0.1) is 0 Å². The van der Waals surface area contributed by atoms with E-state index < -0.39 is 31.8 Å². The van der Waals surface area contributed by atoms with Gasteiger partial charge in [-0.25, -0.2) is 21.6 Å². The number of carbonyl (C=O) groups excluding carboxylic acids is 2. The second-order valence-corrected chi connectivity index (χ2v) is 11.8. The normalized spacial score (nSPS) is 19.9. The number of benzene rings is 2. The zero-order chi connectivity index (χ0) is 23.6. The van der Waals surface area contributed by atoms with Gasteiger partial charge in [0.05, 0.1) is 35.1 Å². The molecule has 0 aromatic heterocycles. The monoisotopic (exact) mass is 493 g/mol. The highest BCUT2D eigenvalue weighted by molar-refractivity contribution is 7.92. The van der Waals surface area contributed by atoms with Crippen molar-refractivity contribution < 1.29 is 31.2 Å². The van der Waals surface area contributed by atoms with Crippen LogP contribution in [0.2, 0.25) is 0 Å². The predicted octanol–water partition coefficient (Wildman–Crippen LogP) is 0.906. The van der Waals surface area contributed by atoms with Crippen molar-refractivity contribution in [3.63, 3.8) is 0 Å². The molecule has 10 nitrogen and oxygen atoms in total. The number of hydrogen-bond acceptors (Lipinski definition) is 7. The highest BCUT2D eigenvalue weighted by Crippen LogP contribution is 2.30. The molecule has 0 bridgehead atoms. The number of sulfonamides is 1. The number of anilines is 2. The van der Waals surface area contributed by atoms with Crippen molar-refractivity contribution in [1.29, 1.82) is 0 Å². The number of fused-ring (bicyclic) bond motifs is 1. The molecule has 12 heteroatoms. The zero-order valence-electron chi connectivity index (χ0n) is 17.6. The lowest BCUT2D eigenvalue weighted by Gasteiger charge is -2.21. The van der Waals surface area contributed by atoms with Crippen LogP contribution in [0.25, 0.3) is 0 Å². The maximum Gasteiger partial charge on any atom is 0.244 e. The third-order valence-corrected chi connectivity index (χ3v) is 8.64. The molecule has 2 aliphatic heterocycles. The molecule has 0 saturated carbocycles. The minimum atomic E-state index is -3.90. The number of para-hydroxylation sites is 2. The Hall–Kier alpha value is -2.96. The van der Waals surface area contributed by atoms with E-state index in [1.807, 2.05) is 0 Å². The van der Waals surface area contributed by atoms with Gasteiger partial charge in [-0.1, -0.05) is 12.1 Å². The van der Waals surface area contributed by atoms with Crippen LogP contribution >= 0.6 is 0 Å². The van der Waals surface area contributed by atoms with Gasteiger partial charge >= 0.3 is 0 Å². The van der Waals surface area contributed by atoms with Gasteiger partial charge in [0.2, 0.25) is 21.8 Å². The molecule has 1 saturated heterocycles. The maximum atomic E-state index is 12.6. The molecular weight excluding hydrogens is 470 g/mol. The lowest BCUT2D eigenvalue weighted by atomic mass is 10.2. The highest BCUT2D eigenvalue weighted by Gasteiger charge is 2.31. The van der Waals surface area contributed by atoms with Crippen LogP contribution < -0.4 is 19.7 Å². The van der Waals surface area contributed by atoms with Crippen LogP contribution in [-0.4, -0.2) is 59.3 Å². The summed E-state index contributed by atoms with van der Waals surface area (Å²) in [5.41, 5.74) is 0.866. The number of rotatable bonds is 6. The fourth-order valence-corrected chi connectivity index (χ4v) is 6.78. The number of nitrogens with zero attached hydrogens (tertiary/aromatic N) is 1. The Balaban J connectivity index is 1.41. The van der Waals surface area contributed by atoms with E-state index in [2.05, 4.69) is 10.0 Å². The Labute approximate surface area is 191 Å². The minimum Gasteiger partial charge on any atom is -0.491 e. The molecule has 1 atom stereocenters. The highest BCUT2D eigenvalue weighted by atomic mass is 32.2. The van der Waals surface area contributed by atoms with Crippen LogP contribution in [0.1, 0.15) is 12.8 Å². The molecule has 176 valence electrons. The van der Waals surface area contributed by atoms with Crippen molar-refractivity contribution in [3.05, 3.63) is 48.5 Å². The van der Waals surface area contributed by atoms with E-state index in [9.17, 15) is 26.4 Å². The second kappa shape index (κ2) is 9.12. The molecule has 0 radical (unpaired) electrons. The molecule has 2 aromatic rings. The number of amides is 2. The molecule has 2 amide bonds. The summed E-state index contributed by atoms with van der Waals surface area (Å²) < 4.78 is 56.1. The first-order chi connectivity index (χ1) is 15.6. The van der Waals surface area contributed by atoms with Crippen molar-refractivity contribution in [2.75, 3.05) is 34.9 Å². The summed E-state index contributed by atoms with van der Waals surface area (Å²) in [6.07, 6.45) is 0.378. The average molecular weight is 494 g/mol. The Bertz CT molecular complexity index is 1280. The topological polar surface area (TPSA) is 139 Å². The van der Waals surface area contributed by atoms with Gasteiger partial charge < -0.3 is 10.1 Å². The van der Waals surface area contributed by atoms with Gasteiger partial charge in [0, 0.05) is 11.7 Å². The lowest BCUT2D eigenvalue weighted by Crippen LogP contribution is -2.37. The van der Waals surface area contributed by atoms with Crippen molar-refractivity contribution in [2.45, 2.75) is 23.8 Å². The molecule has 2 aromatic carbocycles. The maximum absolute atomic E-state index is 12.6. The number of sulfone groups is 1. The van der Waals surface area contributed by atoms with Crippen LogP contribution in [0.3, 0.4) is 0 Å². The van der Waals surface area contributed by atoms with E-state index in [1.54, 1.807) is 24.3 Å². The van der Waals surface area contributed by atoms with Crippen LogP contribution in [0.5, 0.6) is 5.75 Å². The van der Waals surface area contributed by atoms with Gasteiger partial charge in [-0.3, -0.25) is 14.5 Å². The quantitative estimate of drug-likeness (QED) is 0.610. The molecule has 0 aliphatic carbocycles. The zero-order valence-corrected chi connectivity index (χ0v) is 19.2. The summed E-state index contributed by atoms with van der Waals surface area (Å²) in [6.45, 7) is 0.00168. The lowest BCUT2D eigenvalue weighted by molar-refractivity contribution is -0.121. The first-order valence-corrected chi connectivity index (χ1v) is 13.6. The van der Waals surface area contributed by atoms with E-state index in [1.165, 1.54) is 29.2 Å². The third kappa shape index (κ3) is 5.52. The SMILES string of the molecule is O=C(CN1C(=O)CCOc2ccccc21)Nc1ccc(S(=O)(=O)N[C@H]2CCS(=O)(=O)C2)cc1. The molecular formula is C21H23N3O7S2. The molecule has 2 heterocycles. The van der Waals surface area contributed by atoms with Gasteiger partial charge in [0.25, 0.3) is 0 Å². The Morgan fingerprint density at radius 2 is 1.85 bits per heavy atom. The van der Waals surface area contributed by atoms with E-state index >= 15 is 0 Å².